The van der Waals surface area contributed by atoms with Gasteiger partial charge >= 0.3 is 11.9 Å². The number of nitrogens with one attached hydrogen (secondary N) is 2. The van der Waals surface area contributed by atoms with E-state index in [-0.39, 0.29) is 12.8 Å². The van der Waals surface area contributed by atoms with Crippen LogP contribution in [0.2, 0.25) is 5.02 Å². The highest BCUT2D eigenvalue weighted by atomic mass is 35.5. The SMILES string of the molecule is COC(=O)c1ccc(NC(=O)CCC(=O)OCC(=O)Nc2ccccc2Cl)cc1. The van der Waals surface area contributed by atoms with Gasteiger partial charge in [-0.05, 0) is 36.4 Å². The quantitative estimate of drug-likeness (QED) is 0.637. The van der Waals surface area contributed by atoms with Crippen LogP contribution < -0.4 is 10.6 Å². The number of carbonyl (C=O) groups excluding carboxylic acids is 4. The minimum atomic E-state index is -0.685. The van der Waals surface area contributed by atoms with E-state index < -0.39 is 30.4 Å². The van der Waals surface area contributed by atoms with Crippen LogP contribution in [0.15, 0.2) is 48.5 Å². The molecule has 0 saturated heterocycles. The van der Waals surface area contributed by atoms with Gasteiger partial charge in [-0.15, -0.1) is 0 Å². The molecule has 0 spiro atoms. The fourth-order valence-corrected chi connectivity index (χ4v) is 2.40. The average Bonchev–Trinajstić information content (AvgIpc) is 2.72. The smallest absolute Gasteiger partial charge is 0.337 e. The van der Waals surface area contributed by atoms with Crippen molar-refractivity contribution in [2.75, 3.05) is 24.4 Å². The second-order valence-corrected chi connectivity index (χ2v) is 6.21. The Morgan fingerprint density at radius 2 is 1.59 bits per heavy atom. The summed E-state index contributed by atoms with van der Waals surface area (Å²) in [6.45, 7) is -0.485. The molecule has 9 heteroatoms. The lowest BCUT2D eigenvalue weighted by molar-refractivity contribution is -0.147. The Morgan fingerprint density at radius 1 is 0.897 bits per heavy atom. The van der Waals surface area contributed by atoms with Gasteiger partial charge in [0.15, 0.2) is 6.61 Å². The standard InChI is InChI=1S/C20H19ClN2O6/c1-28-20(27)13-6-8-14(9-7-13)22-17(24)10-11-19(26)29-12-18(25)23-16-5-3-2-4-15(16)21/h2-9H,10-12H2,1H3,(H,22,24)(H,23,25). The Morgan fingerprint density at radius 3 is 2.24 bits per heavy atom. The highest BCUT2D eigenvalue weighted by Crippen LogP contribution is 2.20. The van der Waals surface area contributed by atoms with Crippen LogP contribution in [0.4, 0.5) is 11.4 Å². The zero-order valence-electron chi connectivity index (χ0n) is 15.6. The van der Waals surface area contributed by atoms with Crippen molar-refractivity contribution in [3.63, 3.8) is 0 Å². The molecule has 0 fully saturated rings. The van der Waals surface area contributed by atoms with Crippen molar-refractivity contribution in [3.05, 3.63) is 59.1 Å². The van der Waals surface area contributed by atoms with E-state index in [9.17, 15) is 19.2 Å². The number of rotatable bonds is 8. The fraction of sp³-hybridized carbons (Fsp3) is 0.200. The molecule has 29 heavy (non-hydrogen) atoms. The van der Waals surface area contributed by atoms with Gasteiger partial charge in [-0.1, -0.05) is 23.7 Å². The zero-order valence-corrected chi connectivity index (χ0v) is 16.3. The highest BCUT2D eigenvalue weighted by molar-refractivity contribution is 6.33. The molecule has 0 aliphatic heterocycles. The molecule has 2 aromatic carbocycles. The molecule has 2 N–H and O–H groups in total. The second-order valence-electron chi connectivity index (χ2n) is 5.81. The van der Waals surface area contributed by atoms with Gasteiger partial charge in [-0.3, -0.25) is 14.4 Å². The van der Waals surface area contributed by atoms with Crippen LogP contribution >= 0.6 is 11.6 Å². The third kappa shape index (κ3) is 7.27. The summed E-state index contributed by atoms with van der Waals surface area (Å²) in [6, 6.07) is 12.8. The summed E-state index contributed by atoms with van der Waals surface area (Å²) >= 11 is 5.92. The lowest BCUT2D eigenvalue weighted by Gasteiger charge is -2.08. The summed E-state index contributed by atoms with van der Waals surface area (Å²) < 4.78 is 9.43. The number of benzene rings is 2. The van der Waals surface area contributed by atoms with Crippen molar-refractivity contribution < 1.29 is 28.7 Å². The molecule has 0 radical (unpaired) electrons. The first-order valence-corrected chi connectivity index (χ1v) is 8.95. The highest BCUT2D eigenvalue weighted by Gasteiger charge is 2.12. The molecule has 0 atom stereocenters. The van der Waals surface area contributed by atoms with Crippen LogP contribution in [-0.4, -0.2) is 37.5 Å². The predicted molar refractivity (Wildman–Crippen MR) is 107 cm³/mol. The molecule has 0 aliphatic rings. The summed E-state index contributed by atoms with van der Waals surface area (Å²) in [5.41, 5.74) is 1.23. The number of hydrogen-bond acceptors (Lipinski definition) is 6. The normalized spacial score (nSPS) is 10.0. The van der Waals surface area contributed by atoms with Gasteiger partial charge in [0.25, 0.3) is 5.91 Å². The Hall–Kier alpha value is -3.39. The van der Waals surface area contributed by atoms with Crippen molar-refractivity contribution in [1.82, 2.24) is 0 Å². The Labute approximate surface area is 172 Å². The Balaban J connectivity index is 1.70. The Bertz CT molecular complexity index is 898. The number of para-hydroxylation sites is 1. The monoisotopic (exact) mass is 418 g/mol. The first-order chi connectivity index (χ1) is 13.9. The minimum absolute atomic E-state index is 0.121. The molecule has 0 aromatic heterocycles. The fourth-order valence-electron chi connectivity index (χ4n) is 2.21. The molecule has 0 heterocycles. The van der Waals surface area contributed by atoms with Gasteiger partial charge in [0.05, 0.1) is 29.8 Å². The van der Waals surface area contributed by atoms with Crippen molar-refractivity contribution in [3.8, 4) is 0 Å². The molecule has 2 rings (SSSR count). The molecule has 0 aliphatic carbocycles. The molecule has 152 valence electrons. The van der Waals surface area contributed by atoms with Crippen LogP contribution in [-0.2, 0) is 23.9 Å². The maximum absolute atomic E-state index is 11.9. The number of carbonyl (C=O) groups is 4. The topological polar surface area (TPSA) is 111 Å². The maximum atomic E-state index is 11.9. The summed E-state index contributed by atoms with van der Waals surface area (Å²) in [7, 11) is 1.28. The van der Waals surface area contributed by atoms with Crippen molar-refractivity contribution in [2.45, 2.75) is 12.8 Å². The summed E-state index contributed by atoms with van der Waals surface area (Å²) in [5, 5.41) is 5.48. The van der Waals surface area contributed by atoms with Crippen LogP contribution in [0.1, 0.15) is 23.2 Å². The lowest BCUT2D eigenvalue weighted by Crippen LogP contribution is -2.22. The van der Waals surface area contributed by atoms with E-state index in [2.05, 4.69) is 15.4 Å². The summed E-state index contributed by atoms with van der Waals surface area (Å²) in [6.07, 6.45) is -0.310. The number of methoxy groups -OCH3 is 1. The largest absolute Gasteiger partial charge is 0.465 e. The molecular formula is C20H19ClN2O6. The first kappa shape index (κ1) is 21.9. The van der Waals surface area contributed by atoms with Crippen molar-refractivity contribution in [1.29, 1.82) is 0 Å². The number of halogens is 1. The number of anilines is 2. The van der Waals surface area contributed by atoms with Gasteiger partial charge in [0.2, 0.25) is 5.91 Å². The van der Waals surface area contributed by atoms with Gasteiger partial charge in [-0.2, -0.15) is 0 Å². The molecule has 2 aromatic rings. The third-order valence-electron chi connectivity index (χ3n) is 3.66. The molecule has 2 amide bonds. The predicted octanol–water partition coefficient (Wildman–Crippen LogP) is 3.03. The van der Waals surface area contributed by atoms with Crippen LogP contribution in [0.3, 0.4) is 0 Å². The van der Waals surface area contributed by atoms with E-state index in [4.69, 9.17) is 16.3 Å². The van der Waals surface area contributed by atoms with Gasteiger partial charge in [0, 0.05) is 12.1 Å². The molecule has 0 saturated carbocycles. The molecule has 8 nitrogen and oxygen atoms in total. The van der Waals surface area contributed by atoms with E-state index in [1.165, 1.54) is 19.2 Å². The van der Waals surface area contributed by atoms with E-state index in [1.807, 2.05) is 0 Å². The molecule has 0 unspecified atom stereocenters. The summed E-state index contributed by atoms with van der Waals surface area (Å²) in [5.74, 6) is -2.12. The maximum Gasteiger partial charge on any atom is 0.337 e. The van der Waals surface area contributed by atoms with Crippen LogP contribution in [0, 0.1) is 0 Å². The van der Waals surface area contributed by atoms with Crippen LogP contribution in [0.5, 0.6) is 0 Å². The van der Waals surface area contributed by atoms with Gasteiger partial charge in [-0.25, -0.2) is 4.79 Å². The molecule has 0 bridgehead atoms. The number of amides is 2. The third-order valence-corrected chi connectivity index (χ3v) is 3.99. The number of ether oxygens (including phenoxy) is 2. The first-order valence-electron chi connectivity index (χ1n) is 8.57. The Kier molecular flexibility index (Phi) is 8.17. The van der Waals surface area contributed by atoms with Gasteiger partial charge in [0.1, 0.15) is 0 Å². The van der Waals surface area contributed by atoms with Crippen molar-refractivity contribution in [2.24, 2.45) is 0 Å². The molecular weight excluding hydrogens is 400 g/mol. The average molecular weight is 419 g/mol. The lowest BCUT2D eigenvalue weighted by atomic mass is 10.2. The minimum Gasteiger partial charge on any atom is -0.465 e. The second kappa shape index (κ2) is 10.8. The van der Waals surface area contributed by atoms with E-state index in [0.29, 0.717) is 22.0 Å². The number of hydrogen-bond donors (Lipinski definition) is 2. The van der Waals surface area contributed by atoms with E-state index in [0.717, 1.165) is 0 Å². The summed E-state index contributed by atoms with van der Waals surface area (Å²) in [4.78, 5) is 46.8. The van der Waals surface area contributed by atoms with Gasteiger partial charge < -0.3 is 20.1 Å². The zero-order chi connectivity index (χ0) is 21.2. The van der Waals surface area contributed by atoms with E-state index in [1.54, 1.807) is 36.4 Å². The van der Waals surface area contributed by atoms with Crippen LogP contribution in [0.25, 0.3) is 0 Å². The van der Waals surface area contributed by atoms with Crippen molar-refractivity contribution >= 4 is 46.7 Å². The number of esters is 2. The van der Waals surface area contributed by atoms with E-state index >= 15 is 0 Å².